The molecule has 2 fully saturated rings. The maximum absolute atomic E-state index is 12.1. The highest BCUT2D eigenvalue weighted by atomic mass is 35.5. The summed E-state index contributed by atoms with van der Waals surface area (Å²) in [4.78, 5) is 11.3. The van der Waals surface area contributed by atoms with Crippen LogP contribution in [0.1, 0.15) is 24.2 Å². The van der Waals surface area contributed by atoms with E-state index in [4.69, 9.17) is 47.6 Å². The molecule has 0 spiro atoms. The number of fused-ring (bicyclic) bond motifs is 3. The smallest absolute Gasteiger partial charge is 0.279 e. The number of benzene rings is 2. The Morgan fingerprint density at radius 2 is 1.78 bits per heavy atom. The Balaban J connectivity index is 1.86. The molecule has 0 aliphatic carbocycles. The van der Waals surface area contributed by atoms with Crippen LogP contribution >= 0.6 is 23.2 Å². The summed E-state index contributed by atoms with van der Waals surface area (Å²) in [6.07, 6.45) is -1.74. The first kappa shape index (κ1) is 23.7. The van der Waals surface area contributed by atoms with Crippen LogP contribution in [0.4, 0.5) is 5.69 Å². The van der Waals surface area contributed by atoms with Gasteiger partial charge in [-0.05, 0) is 24.3 Å². The molecule has 0 amide bonds. The van der Waals surface area contributed by atoms with Gasteiger partial charge in [0.25, 0.3) is 5.69 Å². The summed E-state index contributed by atoms with van der Waals surface area (Å²) >= 11 is 12.5. The number of ether oxygens (including phenoxy) is 4. The molecule has 0 aromatic heterocycles. The van der Waals surface area contributed by atoms with E-state index in [9.17, 15) is 25.9 Å². The summed E-state index contributed by atoms with van der Waals surface area (Å²) in [5, 5.41) is 52.2. The first-order chi connectivity index (χ1) is 17.1. The average Bonchev–Trinajstić information content (AvgIpc) is 3.37. The van der Waals surface area contributed by atoms with Gasteiger partial charge in [-0.2, -0.15) is 15.8 Å². The van der Waals surface area contributed by atoms with Crippen LogP contribution in [-0.2, 0) is 15.3 Å². The lowest BCUT2D eigenvalue weighted by Crippen LogP contribution is -2.57. The second-order valence-electron chi connectivity index (χ2n) is 8.42. The number of nitro benzene ring substituents is 1. The molecule has 13 heteroatoms. The molecule has 0 saturated carbocycles. The molecule has 2 bridgehead atoms. The molecular formula is C23H13Cl2N5O6. The molecule has 1 N–H and O–H groups in total. The topological polar surface area (TPSA) is 175 Å². The number of rotatable bonds is 3. The van der Waals surface area contributed by atoms with Crippen LogP contribution in [0.15, 0.2) is 30.3 Å². The van der Waals surface area contributed by atoms with Crippen LogP contribution in [0.25, 0.3) is 0 Å². The van der Waals surface area contributed by atoms with Crippen LogP contribution < -0.4 is 9.47 Å². The third-order valence-electron chi connectivity index (χ3n) is 6.98. The number of nitrogens with zero attached hydrogens (tertiary/aromatic N) is 4. The Hall–Kier alpha value is -4.08. The second-order valence-corrected chi connectivity index (χ2v) is 9.26. The van der Waals surface area contributed by atoms with Gasteiger partial charge in [0.1, 0.15) is 6.10 Å². The molecule has 0 radical (unpaired) electrons. The van der Waals surface area contributed by atoms with Crippen LogP contribution in [0, 0.1) is 66.3 Å². The Morgan fingerprint density at radius 3 is 2.36 bits per heavy atom. The quantitative estimate of drug-likeness (QED) is 0.437. The molecule has 3 aliphatic heterocycles. The minimum Gasteiger partial charge on any atom is -0.454 e. The van der Waals surface area contributed by atoms with Crippen molar-refractivity contribution in [2.45, 2.75) is 18.8 Å². The lowest BCUT2D eigenvalue weighted by atomic mass is 9.53. The van der Waals surface area contributed by atoms with Gasteiger partial charge in [-0.15, -0.1) is 0 Å². The van der Waals surface area contributed by atoms with E-state index < -0.39 is 45.1 Å². The zero-order chi connectivity index (χ0) is 26.0. The maximum atomic E-state index is 12.1. The Labute approximate surface area is 213 Å². The highest BCUT2D eigenvalue weighted by molar-refractivity contribution is 6.35. The van der Waals surface area contributed by atoms with Crippen LogP contribution in [0.2, 0.25) is 10.0 Å². The van der Waals surface area contributed by atoms with Crippen molar-refractivity contribution in [1.82, 2.24) is 0 Å². The lowest BCUT2D eigenvalue weighted by molar-refractivity contribution is -0.387. The van der Waals surface area contributed by atoms with Gasteiger partial charge in [0, 0.05) is 10.6 Å². The Morgan fingerprint density at radius 1 is 1.11 bits per heavy atom. The average molecular weight is 526 g/mol. The number of halogens is 2. The summed E-state index contributed by atoms with van der Waals surface area (Å²) < 4.78 is 22.8. The summed E-state index contributed by atoms with van der Waals surface area (Å²) in [5.41, 5.74) is -5.22. The number of nitriles is 3. The summed E-state index contributed by atoms with van der Waals surface area (Å²) in [5.74, 6) is -3.56. The van der Waals surface area contributed by atoms with E-state index in [2.05, 4.69) is 0 Å². The number of hydrogen-bond acceptors (Lipinski definition) is 10. The SMILES string of the molecule is CC1C2(c3ccc(Cl)cc3Cl)OC(=N)C1(C#N)C(C#N)(C#N)C(c1cc3c(cc1[N+](=O)[O-])OCO3)O2. The van der Waals surface area contributed by atoms with Crippen molar-refractivity contribution in [2.75, 3.05) is 6.79 Å². The lowest BCUT2D eigenvalue weighted by Gasteiger charge is -2.48. The molecule has 4 atom stereocenters. The van der Waals surface area contributed by atoms with Gasteiger partial charge < -0.3 is 18.9 Å². The summed E-state index contributed by atoms with van der Waals surface area (Å²) in [7, 11) is 0. The van der Waals surface area contributed by atoms with Gasteiger partial charge in [-0.3, -0.25) is 15.5 Å². The van der Waals surface area contributed by atoms with E-state index in [0.717, 1.165) is 6.07 Å². The summed E-state index contributed by atoms with van der Waals surface area (Å²) in [6, 6.07) is 12.3. The van der Waals surface area contributed by atoms with Gasteiger partial charge in [0.05, 0.1) is 45.7 Å². The molecule has 4 unspecified atom stereocenters. The molecule has 3 heterocycles. The van der Waals surface area contributed by atoms with E-state index >= 15 is 0 Å². The largest absolute Gasteiger partial charge is 0.454 e. The molecular weight excluding hydrogens is 513 g/mol. The van der Waals surface area contributed by atoms with Crippen molar-refractivity contribution in [1.29, 1.82) is 21.2 Å². The van der Waals surface area contributed by atoms with Gasteiger partial charge >= 0.3 is 0 Å². The van der Waals surface area contributed by atoms with Crippen LogP contribution in [0.3, 0.4) is 0 Å². The fourth-order valence-electron chi connectivity index (χ4n) is 5.21. The highest BCUT2D eigenvalue weighted by Crippen LogP contribution is 2.70. The number of nitro groups is 1. The van der Waals surface area contributed by atoms with Crippen molar-refractivity contribution < 1.29 is 23.9 Å². The third kappa shape index (κ3) is 2.66. The Bertz CT molecular complexity index is 1480. The van der Waals surface area contributed by atoms with Crippen molar-refractivity contribution in [3.8, 4) is 29.7 Å². The van der Waals surface area contributed by atoms with E-state index in [1.165, 1.54) is 31.2 Å². The summed E-state index contributed by atoms with van der Waals surface area (Å²) in [6.45, 7) is 1.30. The molecule has 11 nitrogen and oxygen atoms in total. The standard InChI is InChI=1S/C23H13Cl2N5O6/c1-11-22(9-28)20(29)36-23(11,14-3-2-12(24)4-15(14)25)35-19(21(22,7-26)8-27)13-5-17-18(34-10-33-17)6-16(13)30(31)32/h2-6,11,19,29H,10H2,1H3. The molecule has 3 aliphatic rings. The normalized spacial score (nSPS) is 28.9. The van der Waals surface area contributed by atoms with Crippen molar-refractivity contribution in [3.63, 3.8) is 0 Å². The molecule has 2 saturated heterocycles. The minimum absolute atomic E-state index is 0.0660. The zero-order valence-electron chi connectivity index (χ0n) is 18.2. The number of hydrogen-bond donors (Lipinski definition) is 1. The predicted octanol–water partition coefficient (Wildman–Crippen LogP) is 4.74. The second kappa shape index (κ2) is 7.71. The number of nitrogens with one attached hydrogen (secondary N) is 1. The van der Waals surface area contributed by atoms with E-state index in [1.807, 2.05) is 18.2 Å². The van der Waals surface area contributed by atoms with E-state index in [1.54, 1.807) is 0 Å². The van der Waals surface area contributed by atoms with Gasteiger partial charge in [0.2, 0.25) is 23.9 Å². The van der Waals surface area contributed by atoms with Gasteiger partial charge in [-0.25, -0.2) is 0 Å². The first-order valence-electron chi connectivity index (χ1n) is 10.3. The van der Waals surface area contributed by atoms with Crippen molar-refractivity contribution in [3.05, 3.63) is 61.6 Å². The molecule has 5 rings (SSSR count). The fraction of sp³-hybridized carbons (Fsp3) is 0.304. The van der Waals surface area contributed by atoms with E-state index in [0.29, 0.717) is 0 Å². The van der Waals surface area contributed by atoms with Crippen LogP contribution in [-0.4, -0.2) is 17.6 Å². The maximum Gasteiger partial charge on any atom is 0.279 e. The zero-order valence-corrected chi connectivity index (χ0v) is 19.8. The van der Waals surface area contributed by atoms with E-state index in [-0.39, 0.29) is 39.5 Å². The van der Waals surface area contributed by atoms with Crippen LogP contribution in [0.5, 0.6) is 11.5 Å². The molecule has 180 valence electrons. The predicted molar refractivity (Wildman–Crippen MR) is 121 cm³/mol. The monoisotopic (exact) mass is 525 g/mol. The molecule has 36 heavy (non-hydrogen) atoms. The van der Waals surface area contributed by atoms with Gasteiger partial charge in [0.15, 0.2) is 16.9 Å². The van der Waals surface area contributed by atoms with Crippen molar-refractivity contribution >= 4 is 34.8 Å². The van der Waals surface area contributed by atoms with Crippen molar-refractivity contribution in [2.24, 2.45) is 16.7 Å². The minimum atomic E-state index is -2.43. The third-order valence-corrected chi connectivity index (χ3v) is 7.52. The molecule has 2 aromatic carbocycles. The first-order valence-corrected chi connectivity index (χ1v) is 11.1. The fourth-order valence-corrected chi connectivity index (χ4v) is 5.75. The highest BCUT2D eigenvalue weighted by Gasteiger charge is 2.80. The Kier molecular flexibility index (Phi) is 5.07. The van der Waals surface area contributed by atoms with Gasteiger partial charge in [-0.1, -0.05) is 30.1 Å². The molecule has 2 aromatic rings.